The molecule has 0 aliphatic carbocycles. The van der Waals surface area contributed by atoms with Crippen LogP contribution in [0.5, 0.6) is 0 Å². The molecule has 0 fully saturated rings. The highest BCUT2D eigenvalue weighted by molar-refractivity contribution is 5.96. The molecular formula is C31H42N4O4. The number of nitrogens with one attached hydrogen (secondary N) is 1. The summed E-state index contributed by atoms with van der Waals surface area (Å²) < 4.78 is 4.63. The topological polar surface area (TPSA) is 109 Å². The fourth-order valence-corrected chi connectivity index (χ4v) is 4.66. The first-order chi connectivity index (χ1) is 18.9. The molecule has 8 heteroatoms. The van der Waals surface area contributed by atoms with E-state index in [0.717, 1.165) is 37.0 Å². The predicted octanol–water partition coefficient (Wildman–Crippen LogP) is 6.57. The fourth-order valence-electron chi connectivity index (χ4n) is 4.66. The van der Waals surface area contributed by atoms with Crippen LogP contribution in [0.15, 0.2) is 47.3 Å². The Labute approximate surface area is 231 Å². The SMILES string of the molecule is CCCCCCCCCCNCc1cncc(-c2ccc3c(c2)CCC(=O)N3C)c1.Cc1nc(C(=O)O)co1. The maximum Gasteiger partial charge on any atom is 0.357 e. The molecule has 1 aliphatic heterocycles. The molecular weight excluding hydrogens is 492 g/mol. The third-order valence-corrected chi connectivity index (χ3v) is 6.93. The number of aromatic carboxylic acids is 1. The fraction of sp³-hybridized carbons (Fsp3) is 0.484. The molecule has 2 aromatic heterocycles. The Morgan fingerprint density at radius 2 is 1.77 bits per heavy atom. The number of benzene rings is 1. The van der Waals surface area contributed by atoms with Crippen LogP contribution >= 0.6 is 0 Å². The molecule has 1 amide bonds. The van der Waals surface area contributed by atoms with E-state index in [1.807, 2.05) is 19.4 Å². The van der Waals surface area contributed by atoms with E-state index < -0.39 is 5.97 Å². The third-order valence-electron chi connectivity index (χ3n) is 6.93. The molecule has 0 atom stereocenters. The van der Waals surface area contributed by atoms with Crippen molar-refractivity contribution >= 4 is 17.6 Å². The number of amides is 1. The van der Waals surface area contributed by atoms with E-state index in [2.05, 4.69) is 50.9 Å². The Morgan fingerprint density at radius 3 is 2.44 bits per heavy atom. The Hall–Kier alpha value is -3.52. The number of hydrogen-bond donors (Lipinski definition) is 2. The lowest BCUT2D eigenvalue weighted by molar-refractivity contribution is -0.118. The lowest BCUT2D eigenvalue weighted by Crippen LogP contribution is -2.30. The summed E-state index contributed by atoms with van der Waals surface area (Å²) in [5.74, 6) is -0.499. The molecule has 0 radical (unpaired) electrons. The molecule has 0 bridgehead atoms. The van der Waals surface area contributed by atoms with Gasteiger partial charge in [0.25, 0.3) is 0 Å². The van der Waals surface area contributed by atoms with Crippen molar-refractivity contribution in [3.63, 3.8) is 0 Å². The van der Waals surface area contributed by atoms with Crippen LogP contribution in [0.2, 0.25) is 0 Å². The zero-order chi connectivity index (χ0) is 28.0. The Morgan fingerprint density at radius 1 is 1.03 bits per heavy atom. The number of oxazole rings is 1. The van der Waals surface area contributed by atoms with Crippen molar-refractivity contribution in [2.75, 3.05) is 18.5 Å². The molecule has 0 saturated carbocycles. The summed E-state index contributed by atoms with van der Waals surface area (Å²) in [6, 6.07) is 8.61. The van der Waals surface area contributed by atoms with Crippen LogP contribution in [-0.2, 0) is 17.8 Å². The molecule has 3 aromatic rings. The van der Waals surface area contributed by atoms with Crippen LogP contribution in [-0.4, -0.2) is 40.5 Å². The Bertz CT molecular complexity index is 1210. The first-order valence-electron chi connectivity index (χ1n) is 14.1. The van der Waals surface area contributed by atoms with Crippen molar-refractivity contribution in [2.24, 2.45) is 0 Å². The number of carboxylic acid groups (broad SMARTS) is 1. The van der Waals surface area contributed by atoms with Gasteiger partial charge in [-0.1, -0.05) is 57.9 Å². The van der Waals surface area contributed by atoms with Crippen LogP contribution in [0.25, 0.3) is 11.1 Å². The van der Waals surface area contributed by atoms with E-state index in [4.69, 9.17) is 5.11 Å². The monoisotopic (exact) mass is 534 g/mol. The molecule has 0 spiro atoms. The number of anilines is 1. The average Bonchev–Trinajstić information content (AvgIpc) is 3.39. The lowest BCUT2D eigenvalue weighted by Gasteiger charge is -2.26. The summed E-state index contributed by atoms with van der Waals surface area (Å²) in [4.78, 5) is 31.8. The minimum Gasteiger partial charge on any atom is -0.476 e. The normalized spacial score (nSPS) is 12.6. The Balaban J connectivity index is 0.000000395. The third kappa shape index (κ3) is 9.62. The number of hydrogen-bond acceptors (Lipinski definition) is 6. The largest absolute Gasteiger partial charge is 0.476 e. The molecule has 210 valence electrons. The molecule has 0 saturated heterocycles. The zero-order valence-corrected chi connectivity index (χ0v) is 23.5. The van der Waals surface area contributed by atoms with Crippen molar-refractivity contribution in [2.45, 2.75) is 84.6 Å². The van der Waals surface area contributed by atoms with Gasteiger partial charge < -0.3 is 19.7 Å². The summed E-state index contributed by atoms with van der Waals surface area (Å²) in [5, 5.41) is 11.8. The van der Waals surface area contributed by atoms with Gasteiger partial charge in [-0.05, 0) is 54.3 Å². The number of nitrogens with zero attached hydrogens (tertiary/aromatic N) is 3. The highest BCUT2D eigenvalue weighted by Gasteiger charge is 2.21. The van der Waals surface area contributed by atoms with Crippen LogP contribution in [0.4, 0.5) is 5.69 Å². The van der Waals surface area contributed by atoms with Gasteiger partial charge in [0, 0.05) is 50.6 Å². The van der Waals surface area contributed by atoms with Gasteiger partial charge in [0.2, 0.25) is 5.91 Å². The summed E-state index contributed by atoms with van der Waals surface area (Å²) in [6.45, 7) is 5.79. The number of rotatable bonds is 13. The van der Waals surface area contributed by atoms with E-state index in [1.165, 1.54) is 68.1 Å². The number of carboxylic acids is 1. The van der Waals surface area contributed by atoms with Crippen molar-refractivity contribution < 1.29 is 19.1 Å². The van der Waals surface area contributed by atoms with E-state index in [-0.39, 0.29) is 11.6 Å². The first-order valence-corrected chi connectivity index (χ1v) is 14.1. The number of fused-ring (bicyclic) bond motifs is 1. The van der Waals surface area contributed by atoms with Crippen LogP contribution in [0.3, 0.4) is 0 Å². The van der Waals surface area contributed by atoms with Gasteiger partial charge in [-0.3, -0.25) is 9.78 Å². The number of aryl methyl sites for hydroxylation is 2. The molecule has 0 unspecified atom stereocenters. The minimum atomic E-state index is -1.06. The standard InChI is InChI=1S/C26H37N3O.C5H5NO3/c1-3-4-5-6-7-8-9-10-15-27-18-21-16-24(20-28-19-21)22-11-13-25-23(17-22)12-14-26(30)29(25)2;1-3-6-4(2-9-3)5(7)8/h11,13,16-17,19-20,27H,3-10,12,14-15,18H2,1-2H3;2H,1H3,(H,7,8). The van der Waals surface area contributed by atoms with Crippen molar-refractivity contribution in [1.29, 1.82) is 0 Å². The van der Waals surface area contributed by atoms with Crippen LogP contribution in [0.1, 0.15) is 92.2 Å². The second-order valence-corrected chi connectivity index (χ2v) is 10.1. The second-order valence-electron chi connectivity index (χ2n) is 10.1. The maximum atomic E-state index is 11.9. The van der Waals surface area contributed by atoms with Gasteiger partial charge >= 0.3 is 5.97 Å². The van der Waals surface area contributed by atoms with Crippen LogP contribution < -0.4 is 10.2 Å². The summed E-state index contributed by atoms with van der Waals surface area (Å²) in [5.41, 5.74) is 5.77. The molecule has 1 aromatic carbocycles. The Kier molecular flexibility index (Phi) is 12.2. The molecule has 39 heavy (non-hydrogen) atoms. The lowest BCUT2D eigenvalue weighted by atomic mass is 9.96. The van der Waals surface area contributed by atoms with E-state index in [9.17, 15) is 9.59 Å². The smallest absolute Gasteiger partial charge is 0.357 e. The quantitative estimate of drug-likeness (QED) is 0.239. The average molecular weight is 535 g/mol. The summed E-state index contributed by atoms with van der Waals surface area (Å²) >= 11 is 0. The zero-order valence-electron chi connectivity index (χ0n) is 23.5. The van der Waals surface area contributed by atoms with Gasteiger partial charge in [-0.25, -0.2) is 9.78 Å². The number of unbranched alkanes of at least 4 members (excludes halogenated alkanes) is 7. The highest BCUT2D eigenvalue weighted by atomic mass is 16.4. The van der Waals surface area contributed by atoms with Gasteiger partial charge in [-0.15, -0.1) is 0 Å². The molecule has 8 nitrogen and oxygen atoms in total. The van der Waals surface area contributed by atoms with Gasteiger partial charge in [-0.2, -0.15) is 0 Å². The van der Waals surface area contributed by atoms with Crippen molar-refractivity contribution in [1.82, 2.24) is 15.3 Å². The first kappa shape index (κ1) is 30.0. The van der Waals surface area contributed by atoms with Gasteiger partial charge in [0.05, 0.1) is 0 Å². The van der Waals surface area contributed by atoms with E-state index in [1.54, 1.807) is 11.8 Å². The van der Waals surface area contributed by atoms with E-state index in [0.29, 0.717) is 12.3 Å². The maximum absolute atomic E-state index is 11.9. The number of aromatic nitrogens is 2. The van der Waals surface area contributed by atoms with Gasteiger partial charge in [0.1, 0.15) is 6.26 Å². The number of carbonyl (C=O) groups excluding carboxylic acids is 1. The molecule has 2 N–H and O–H groups in total. The summed E-state index contributed by atoms with van der Waals surface area (Å²) in [6.07, 6.45) is 17.2. The van der Waals surface area contributed by atoms with Crippen molar-refractivity contribution in [3.05, 3.63) is 65.6 Å². The second kappa shape index (κ2) is 15.8. The predicted molar refractivity (Wildman–Crippen MR) is 154 cm³/mol. The van der Waals surface area contributed by atoms with Crippen LogP contribution in [0, 0.1) is 6.92 Å². The van der Waals surface area contributed by atoms with E-state index >= 15 is 0 Å². The molecule has 3 heterocycles. The molecule has 4 rings (SSSR count). The minimum absolute atomic E-state index is 0.0486. The summed E-state index contributed by atoms with van der Waals surface area (Å²) in [7, 11) is 1.86. The number of carbonyl (C=O) groups is 2. The number of pyridine rings is 1. The molecule has 1 aliphatic rings. The van der Waals surface area contributed by atoms with Crippen molar-refractivity contribution in [3.8, 4) is 11.1 Å². The highest BCUT2D eigenvalue weighted by Crippen LogP contribution is 2.31. The van der Waals surface area contributed by atoms with Gasteiger partial charge in [0.15, 0.2) is 11.6 Å².